The van der Waals surface area contributed by atoms with Gasteiger partial charge < -0.3 is 5.32 Å². The van der Waals surface area contributed by atoms with Crippen LogP contribution >= 0.6 is 22.9 Å². The molecule has 27 heavy (non-hydrogen) atoms. The van der Waals surface area contributed by atoms with E-state index < -0.39 is 0 Å². The Labute approximate surface area is 164 Å². The highest BCUT2D eigenvalue weighted by atomic mass is 35.5. The number of pyridine rings is 1. The van der Waals surface area contributed by atoms with E-state index in [-0.39, 0.29) is 17.4 Å². The summed E-state index contributed by atoms with van der Waals surface area (Å²) >= 11 is 7.26. The minimum Gasteiger partial charge on any atom is -0.310 e. The molecule has 0 bridgehead atoms. The molecule has 1 fully saturated rings. The van der Waals surface area contributed by atoms with Gasteiger partial charge in [-0.2, -0.15) is 0 Å². The van der Waals surface area contributed by atoms with Crippen LogP contribution in [0.25, 0.3) is 4.96 Å². The van der Waals surface area contributed by atoms with Gasteiger partial charge in [0.05, 0.1) is 10.7 Å². The van der Waals surface area contributed by atoms with Gasteiger partial charge in [-0.1, -0.05) is 11.6 Å². The highest BCUT2D eigenvalue weighted by Crippen LogP contribution is 2.21. The van der Waals surface area contributed by atoms with Crippen LogP contribution in [0.3, 0.4) is 0 Å². The Kier molecular flexibility index (Phi) is 5.20. The first kappa shape index (κ1) is 18.1. The van der Waals surface area contributed by atoms with E-state index in [1.807, 2.05) is 5.38 Å². The molecule has 0 spiro atoms. The van der Waals surface area contributed by atoms with Gasteiger partial charge in [0.15, 0.2) is 4.96 Å². The number of hydrogen-bond acceptors (Lipinski definition) is 6. The summed E-state index contributed by atoms with van der Waals surface area (Å²) in [6.45, 7) is 2.20. The van der Waals surface area contributed by atoms with Crippen LogP contribution in [0.5, 0.6) is 0 Å². The van der Waals surface area contributed by atoms with Gasteiger partial charge in [0.25, 0.3) is 5.56 Å². The number of hydrogen-bond donors (Lipinski definition) is 1. The molecule has 4 rings (SSSR count). The first-order valence-electron chi connectivity index (χ1n) is 8.69. The largest absolute Gasteiger partial charge is 0.310 e. The summed E-state index contributed by atoms with van der Waals surface area (Å²) in [5.74, 6) is 0.457. The van der Waals surface area contributed by atoms with Crippen molar-refractivity contribution in [3.63, 3.8) is 0 Å². The fourth-order valence-electron chi connectivity index (χ4n) is 3.23. The second-order valence-electron chi connectivity index (χ2n) is 6.54. The zero-order valence-electron chi connectivity index (χ0n) is 14.5. The maximum atomic E-state index is 12.4. The van der Waals surface area contributed by atoms with E-state index in [2.05, 4.69) is 20.2 Å². The fraction of sp³-hybridized carbons (Fsp3) is 0.333. The van der Waals surface area contributed by atoms with Gasteiger partial charge in [0.1, 0.15) is 5.82 Å². The Morgan fingerprint density at radius 1 is 1.33 bits per heavy atom. The van der Waals surface area contributed by atoms with Crippen LogP contribution in [0.2, 0.25) is 5.02 Å². The number of thiazole rings is 1. The quantitative estimate of drug-likeness (QED) is 0.724. The molecule has 1 amide bonds. The Balaban J connectivity index is 1.33. The van der Waals surface area contributed by atoms with Gasteiger partial charge in [0.2, 0.25) is 5.91 Å². The van der Waals surface area contributed by atoms with E-state index in [1.54, 1.807) is 28.8 Å². The number of rotatable bonds is 4. The maximum absolute atomic E-state index is 12.4. The lowest BCUT2D eigenvalue weighted by molar-refractivity contribution is -0.121. The number of nitrogens with one attached hydrogen (secondary N) is 1. The molecule has 0 atom stereocenters. The zero-order valence-corrected chi connectivity index (χ0v) is 16.0. The van der Waals surface area contributed by atoms with Crippen LogP contribution in [-0.2, 0) is 11.3 Å². The predicted octanol–water partition coefficient (Wildman–Crippen LogP) is 2.66. The normalized spacial score (nSPS) is 15.9. The summed E-state index contributed by atoms with van der Waals surface area (Å²) in [6.07, 6.45) is 4.78. The van der Waals surface area contributed by atoms with Crippen molar-refractivity contribution >= 4 is 39.6 Å². The lowest BCUT2D eigenvalue weighted by Crippen LogP contribution is -2.38. The standard InChI is InChI=1S/C18H18ClN5O2S/c19-13-1-2-15(20-10-13)22-17(26)12-3-5-23(6-4-12)11-14-9-16(25)24-7-8-27-18(24)21-14/h1-2,7-10,12H,3-6,11H2,(H,20,22,26). The molecule has 0 aliphatic carbocycles. The average Bonchev–Trinajstić information content (AvgIpc) is 3.13. The second-order valence-corrected chi connectivity index (χ2v) is 7.85. The lowest BCUT2D eigenvalue weighted by Gasteiger charge is -2.30. The smallest absolute Gasteiger partial charge is 0.258 e. The summed E-state index contributed by atoms with van der Waals surface area (Å²) < 4.78 is 1.55. The zero-order chi connectivity index (χ0) is 18.8. The van der Waals surface area contributed by atoms with E-state index in [1.165, 1.54) is 17.5 Å². The lowest BCUT2D eigenvalue weighted by atomic mass is 9.96. The number of likely N-dealkylation sites (tertiary alicyclic amines) is 1. The summed E-state index contributed by atoms with van der Waals surface area (Å²) in [4.78, 5) is 36.1. The predicted molar refractivity (Wildman–Crippen MR) is 105 cm³/mol. The van der Waals surface area contributed by atoms with Crippen molar-refractivity contribution in [2.24, 2.45) is 5.92 Å². The van der Waals surface area contributed by atoms with Crippen molar-refractivity contribution in [1.29, 1.82) is 0 Å². The monoisotopic (exact) mass is 403 g/mol. The molecule has 0 aromatic carbocycles. The molecule has 4 heterocycles. The summed E-state index contributed by atoms with van der Waals surface area (Å²) in [6, 6.07) is 4.98. The number of aromatic nitrogens is 3. The summed E-state index contributed by atoms with van der Waals surface area (Å²) in [7, 11) is 0. The van der Waals surface area contributed by atoms with E-state index in [0.29, 0.717) is 22.3 Å². The van der Waals surface area contributed by atoms with E-state index in [9.17, 15) is 9.59 Å². The molecule has 3 aromatic heterocycles. The van der Waals surface area contributed by atoms with Crippen LogP contribution in [0.4, 0.5) is 5.82 Å². The van der Waals surface area contributed by atoms with Crippen molar-refractivity contribution in [2.75, 3.05) is 18.4 Å². The third-order valence-corrected chi connectivity index (χ3v) is 5.66. The van der Waals surface area contributed by atoms with Crippen LogP contribution in [0.1, 0.15) is 18.5 Å². The number of amides is 1. The number of fused-ring (bicyclic) bond motifs is 1. The first-order valence-corrected chi connectivity index (χ1v) is 9.95. The topological polar surface area (TPSA) is 79.6 Å². The van der Waals surface area contributed by atoms with Gasteiger partial charge in [-0.15, -0.1) is 11.3 Å². The Hall–Kier alpha value is -2.29. The summed E-state index contributed by atoms with van der Waals surface area (Å²) in [5.41, 5.74) is 0.719. The van der Waals surface area contributed by atoms with Crippen molar-refractivity contribution in [3.05, 3.63) is 57.0 Å². The number of carbonyl (C=O) groups excluding carboxylic acids is 1. The molecule has 0 unspecified atom stereocenters. The van der Waals surface area contributed by atoms with Crippen molar-refractivity contribution in [1.82, 2.24) is 19.3 Å². The third kappa shape index (κ3) is 4.18. The molecular weight excluding hydrogens is 386 g/mol. The minimum absolute atomic E-state index is 0.0131. The maximum Gasteiger partial charge on any atom is 0.258 e. The Bertz CT molecular complexity index is 1010. The van der Waals surface area contributed by atoms with Gasteiger partial charge >= 0.3 is 0 Å². The molecule has 1 aliphatic rings. The fourth-order valence-corrected chi connectivity index (χ4v) is 4.08. The third-order valence-electron chi connectivity index (χ3n) is 4.68. The number of nitrogens with zero attached hydrogens (tertiary/aromatic N) is 4. The van der Waals surface area contributed by atoms with E-state index >= 15 is 0 Å². The van der Waals surface area contributed by atoms with Gasteiger partial charge in [-0.05, 0) is 38.1 Å². The molecule has 1 N–H and O–H groups in total. The van der Waals surface area contributed by atoms with E-state index in [0.717, 1.165) is 31.6 Å². The molecule has 9 heteroatoms. The highest BCUT2D eigenvalue weighted by Gasteiger charge is 2.25. The molecule has 140 valence electrons. The van der Waals surface area contributed by atoms with Crippen LogP contribution in [0, 0.1) is 5.92 Å². The van der Waals surface area contributed by atoms with Crippen molar-refractivity contribution in [3.8, 4) is 0 Å². The van der Waals surface area contributed by atoms with Crippen LogP contribution in [-0.4, -0.2) is 38.3 Å². The second kappa shape index (κ2) is 7.75. The summed E-state index contributed by atoms with van der Waals surface area (Å²) in [5, 5.41) is 5.24. The highest BCUT2D eigenvalue weighted by molar-refractivity contribution is 7.15. The molecule has 7 nitrogen and oxygen atoms in total. The average molecular weight is 404 g/mol. The van der Waals surface area contributed by atoms with Gasteiger partial charge in [-0.25, -0.2) is 9.97 Å². The first-order chi connectivity index (χ1) is 13.1. The molecule has 1 aliphatic heterocycles. The van der Waals surface area contributed by atoms with Gasteiger partial charge in [-0.3, -0.25) is 18.9 Å². The molecule has 3 aromatic rings. The molecular formula is C18H18ClN5O2S. The van der Waals surface area contributed by atoms with E-state index in [4.69, 9.17) is 11.6 Å². The SMILES string of the molecule is O=C(Nc1ccc(Cl)cn1)C1CCN(Cc2cc(=O)n3ccsc3n2)CC1. The minimum atomic E-state index is -0.0546. The van der Waals surface area contributed by atoms with Crippen LogP contribution in [0.15, 0.2) is 40.8 Å². The van der Waals surface area contributed by atoms with Crippen molar-refractivity contribution < 1.29 is 4.79 Å². The Morgan fingerprint density at radius 2 is 2.15 bits per heavy atom. The molecule has 1 saturated heterocycles. The van der Waals surface area contributed by atoms with Gasteiger partial charge in [0, 0.05) is 36.3 Å². The molecule has 0 radical (unpaired) electrons. The number of anilines is 1. The van der Waals surface area contributed by atoms with Crippen LogP contribution < -0.4 is 10.9 Å². The number of piperidine rings is 1. The van der Waals surface area contributed by atoms with Crippen molar-refractivity contribution in [2.45, 2.75) is 19.4 Å². The Morgan fingerprint density at radius 3 is 2.89 bits per heavy atom. The number of halogens is 1. The molecule has 0 saturated carbocycles. The number of carbonyl (C=O) groups is 1.